The molecule has 0 aliphatic carbocycles. The van der Waals surface area contributed by atoms with E-state index in [0.717, 1.165) is 34.4 Å². The summed E-state index contributed by atoms with van der Waals surface area (Å²) in [6.07, 6.45) is 0.866. The van der Waals surface area contributed by atoms with Crippen LogP contribution < -0.4 is 15.4 Å². The zero-order chi connectivity index (χ0) is 21.3. The van der Waals surface area contributed by atoms with E-state index in [2.05, 4.69) is 66.9 Å². The molecule has 0 aliphatic rings. The van der Waals surface area contributed by atoms with Crippen LogP contribution in [0.5, 0.6) is 5.75 Å². The van der Waals surface area contributed by atoms with Gasteiger partial charge in [-0.3, -0.25) is 4.99 Å². The first-order valence-corrected chi connectivity index (χ1v) is 10.8. The van der Waals surface area contributed by atoms with Gasteiger partial charge in [0.15, 0.2) is 5.96 Å². The molecule has 6 nitrogen and oxygen atoms in total. The first kappa shape index (κ1) is 23.2. The highest BCUT2D eigenvalue weighted by Crippen LogP contribution is 2.24. The standard InChI is InChI=1S/C22H34N4O2S/c1-16-8-9-17(18(12-16)28-11-7-10-27-6)13-24-21(23-5)25-14-20-26-19(15-29-20)22(2,3)4/h8-9,12,15H,7,10-11,13-14H2,1-6H3,(H2,23,24,25). The molecular weight excluding hydrogens is 384 g/mol. The highest BCUT2D eigenvalue weighted by Gasteiger charge is 2.17. The molecule has 29 heavy (non-hydrogen) atoms. The fourth-order valence-corrected chi connectivity index (χ4v) is 3.58. The number of benzene rings is 1. The Morgan fingerprint density at radius 2 is 1.93 bits per heavy atom. The smallest absolute Gasteiger partial charge is 0.191 e. The third-order valence-electron chi connectivity index (χ3n) is 4.37. The Labute approximate surface area is 178 Å². The lowest BCUT2D eigenvalue weighted by atomic mass is 9.93. The maximum atomic E-state index is 5.96. The van der Waals surface area contributed by atoms with Crippen LogP contribution in [0.1, 0.15) is 49.0 Å². The molecule has 1 aromatic carbocycles. The Morgan fingerprint density at radius 3 is 2.59 bits per heavy atom. The van der Waals surface area contributed by atoms with E-state index in [1.807, 2.05) is 0 Å². The van der Waals surface area contributed by atoms with E-state index < -0.39 is 0 Å². The number of guanidine groups is 1. The van der Waals surface area contributed by atoms with Gasteiger partial charge in [0.1, 0.15) is 10.8 Å². The lowest BCUT2D eigenvalue weighted by Crippen LogP contribution is -2.36. The zero-order valence-electron chi connectivity index (χ0n) is 18.5. The number of methoxy groups -OCH3 is 1. The van der Waals surface area contributed by atoms with Crippen molar-refractivity contribution >= 4 is 17.3 Å². The summed E-state index contributed by atoms with van der Waals surface area (Å²) in [6, 6.07) is 6.26. The van der Waals surface area contributed by atoms with Gasteiger partial charge in [0.25, 0.3) is 0 Å². The Kier molecular flexibility index (Phi) is 8.92. The summed E-state index contributed by atoms with van der Waals surface area (Å²) >= 11 is 1.67. The maximum absolute atomic E-state index is 5.96. The van der Waals surface area contributed by atoms with Crippen LogP contribution in [0.15, 0.2) is 28.6 Å². The number of rotatable bonds is 9. The van der Waals surface area contributed by atoms with E-state index in [1.165, 1.54) is 5.56 Å². The van der Waals surface area contributed by atoms with Gasteiger partial charge in [-0.2, -0.15) is 0 Å². The van der Waals surface area contributed by atoms with E-state index in [4.69, 9.17) is 14.5 Å². The van der Waals surface area contributed by atoms with Crippen LogP contribution >= 0.6 is 11.3 Å². The van der Waals surface area contributed by atoms with E-state index in [0.29, 0.717) is 26.3 Å². The highest BCUT2D eigenvalue weighted by molar-refractivity contribution is 7.09. The van der Waals surface area contributed by atoms with Crippen LogP contribution in [-0.4, -0.2) is 38.3 Å². The number of aromatic nitrogens is 1. The molecule has 0 bridgehead atoms. The Hall–Kier alpha value is -2.12. The number of ether oxygens (including phenoxy) is 2. The predicted octanol–water partition coefficient (Wildman–Crippen LogP) is 4.03. The van der Waals surface area contributed by atoms with Crippen molar-refractivity contribution in [2.75, 3.05) is 27.4 Å². The number of thiazole rings is 1. The van der Waals surface area contributed by atoms with Gasteiger partial charge in [-0.05, 0) is 18.6 Å². The van der Waals surface area contributed by atoms with Crippen LogP contribution in [0.3, 0.4) is 0 Å². The molecular formula is C22H34N4O2S. The SMILES string of the molecule is CN=C(NCc1nc(C(C)(C)C)cs1)NCc1ccc(C)cc1OCCCOC. The third-order valence-corrected chi connectivity index (χ3v) is 5.22. The van der Waals surface area contributed by atoms with Crippen molar-refractivity contribution < 1.29 is 9.47 Å². The number of aryl methyl sites for hydroxylation is 1. The van der Waals surface area contributed by atoms with Crippen LogP contribution in [0.4, 0.5) is 0 Å². The molecule has 0 radical (unpaired) electrons. The molecule has 2 aromatic rings. The monoisotopic (exact) mass is 418 g/mol. The molecule has 0 saturated heterocycles. The van der Waals surface area contributed by atoms with E-state index in [1.54, 1.807) is 25.5 Å². The average Bonchev–Trinajstić information content (AvgIpc) is 3.16. The predicted molar refractivity (Wildman–Crippen MR) is 121 cm³/mol. The number of nitrogens with zero attached hydrogens (tertiary/aromatic N) is 2. The second-order valence-electron chi connectivity index (χ2n) is 7.96. The van der Waals surface area contributed by atoms with Crippen LogP contribution in [0.25, 0.3) is 0 Å². The van der Waals surface area contributed by atoms with Crippen LogP contribution in [-0.2, 0) is 23.2 Å². The molecule has 2 rings (SSSR count). The molecule has 0 atom stereocenters. The largest absolute Gasteiger partial charge is 0.493 e. The molecule has 0 amide bonds. The van der Waals surface area contributed by atoms with E-state index >= 15 is 0 Å². The van der Waals surface area contributed by atoms with Gasteiger partial charge in [-0.1, -0.05) is 32.9 Å². The Balaban J connectivity index is 1.91. The number of nitrogens with one attached hydrogen (secondary N) is 2. The first-order valence-electron chi connectivity index (χ1n) is 9.94. The van der Waals surface area contributed by atoms with Crippen molar-refractivity contribution in [3.8, 4) is 5.75 Å². The third kappa shape index (κ3) is 7.66. The summed E-state index contributed by atoms with van der Waals surface area (Å²) < 4.78 is 11.1. The molecule has 160 valence electrons. The summed E-state index contributed by atoms with van der Waals surface area (Å²) in [7, 11) is 3.48. The van der Waals surface area contributed by atoms with Crippen molar-refractivity contribution in [3.63, 3.8) is 0 Å². The second kappa shape index (κ2) is 11.2. The molecule has 1 heterocycles. The fourth-order valence-electron chi connectivity index (χ4n) is 2.62. The number of aliphatic imine (C=N–C) groups is 1. The molecule has 0 unspecified atom stereocenters. The fraction of sp³-hybridized carbons (Fsp3) is 0.545. The normalized spacial score (nSPS) is 12.1. The Morgan fingerprint density at radius 1 is 1.17 bits per heavy atom. The molecule has 0 aliphatic heterocycles. The maximum Gasteiger partial charge on any atom is 0.191 e. The second-order valence-corrected chi connectivity index (χ2v) is 8.90. The lowest BCUT2D eigenvalue weighted by Gasteiger charge is -2.15. The molecule has 7 heteroatoms. The van der Waals surface area contributed by atoms with Crippen LogP contribution in [0, 0.1) is 6.92 Å². The van der Waals surface area contributed by atoms with E-state index in [-0.39, 0.29) is 5.41 Å². The van der Waals surface area contributed by atoms with Crippen LogP contribution in [0.2, 0.25) is 0 Å². The quantitative estimate of drug-likeness (QED) is 0.366. The minimum Gasteiger partial charge on any atom is -0.493 e. The highest BCUT2D eigenvalue weighted by atomic mass is 32.1. The van der Waals surface area contributed by atoms with Gasteiger partial charge in [0.05, 0.1) is 18.8 Å². The summed E-state index contributed by atoms with van der Waals surface area (Å²) in [5.74, 6) is 1.64. The van der Waals surface area contributed by atoms with Crippen molar-refractivity contribution in [1.82, 2.24) is 15.6 Å². The summed E-state index contributed by atoms with van der Waals surface area (Å²) in [5.41, 5.74) is 3.47. The molecule has 0 saturated carbocycles. The van der Waals surface area contributed by atoms with Gasteiger partial charge in [-0.25, -0.2) is 4.98 Å². The minimum absolute atomic E-state index is 0.0692. The van der Waals surface area contributed by atoms with Gasteiger partial charge in [0.2, 0.25) is 0 Å². The Bertz CT molecular complexity index is 796. The first-order chi connectivity index (χ1) is 13.8. The average molecular weight is 419 g/mol. The summed E-state index contributed by atoms with van der Waals surface area (Å²) in [4.78, 5) is 9.04. The number of hydrogen-bond donors (Lipinski definition) is 2. The van der Waals surface area contributed by atoms with Gasteiger partial charge < -0.3 is 20.1 Å². The van der Waals surface area contributed by atoms with Gasteiger partial charge in [-0.15, -0.1) is 11.3 Å². The molecule has 1 aromatic heterocycles. The van der Waals surface area contributed by atoms with Crippen molar-refractivity contribution in [1.29, 1.82) is 0 Å². The van der Waals surface area contributed by atoms with Crippen molar-refractivity contribution in [3.05, 3.63) is 45.4 Å². The topological polar surface area (TPSA) is 67.8 Å². The summed E-state index contributed by atoms with van der Waals surface area (Å²) in [6.45, 7) is 11.2. The van der Waals surface area contributed by atoms with Gasteiger partial charge in [0, 0.05) is 50.1 Å². The minimum atomic E-state index is 0.0692. The van der Waals surface area contributed by atoms with Crippen molar-refractivity contribution in [2.45, 2.75) is 52.6 Å². The molecule has 2 N–H and O–H groups in total. The summed E-state index contributed by atoms with van der Waals surface area (Å²) in [5, 5.41) is 9.89. The van der Waals surface area contributed by atoms with E-state index in [9.17, 15) is 0 Å². The molecule has 0 spiro atoms. The lowest BCUT2D eigenvalue weighted by molar-refractivity contribution is 0.171. The number of hydrogen-bond acceptors (Lipinski definition) is 5. The zero-order valence-corrected chi connectivity index (χ0v) is 19.3. The molecule has 0 fully saturated rings. The van der Waals surface area contributed by atoms with Crippen molar-refractivity contribution in [2.24, 2.45) is 4.99 Å². The van der Waals surface area contributed by atoms with Gasteiger partial charge >= 0.3 is 0 Å².